The molecule has 0 bridgehead atoms. The highest BCUT2D eigenvalue weighted by Crippen LogP contribution is 2.50. The van der Waals surface area contributed by atoms with Gasteiger partial charge in [-0.1, -0.05) is 133 Å². The van der Waals surface area contributed by atoms with E-state index in [1.165, 1.54) is 105 Å². The Morgan fingerprint density at radius 2 is 0.894 bits per heavy atom. The van der Waals surface area contributed by atoms with E-state index in [2.05, 4.69) is 170 Å². The second-order valence-corrected chi connectivity index (χ2v) is 12.9. The molecule has 1 aliphatic carbocycles. The smallest absolute Gasteiger partial charge is 0.0547 e. The molecule has 1 nitrogen and oxygen atoms in total. The van der Waals surface area contributed by atoms with Crippen molar-refractivity contribution < 1.29 is 0 Å². The van der Waals surface area contributed by atoms with E-state index in [0.29, 0.717) is 0 Å². The third kappa shape index (κ3) is 3.60. The van der Waals surface area contributed by atoms with Crippen molar-refractivity contribution in [3.63, 3.8) is 0 Å². The minimum absolute atomic E-state index is 1.20. The molecule has 0 unspecified atom stereocenters. The second kappa shape index (κ2) is 9.79. The first kappa shape index (κ1) is 26.3. The fraction of sp³-hybridized carbons (Fsp3) is 0.0435. The van der Waals surface area contributed by atoms with Gasteiger partial charge in [0.2, 0.25) is 0 Å². The highest BCUT2D eigenvalue weighted by atomic mass is 15.0. The van der Waals surface area contributed by atoms with Crippen molar-refractivity contribution in [3.8, 4) is 50.2 Å². The molecule has 220 valence electrons. The van der Waals surface area contributed by atoms with Gasteiger partial charge in [0.15, 0.2) is 0 Å². The third-order valence-corrected chi connectivity index (χ3v) is 10.4. The van der Waals surface area contributed by atoms with E-state index in [1.54, 1.807) is 0 Å². The van der Waals surface area contributed by atoms with E-state index >= 15 is 0 Å². The van der Waals surface area contributed by atoms with Crippen LogP contribution in [0.3, 0.4) is 0 Å². The van der Waals surface area contributed by atoms with Gasteiger partial charge in [-0.3, -0.25) is 0 Å². The molecular weight excluding hydrogens is 567 g/mol. The quantitative estimate of drug-likeness (QED) is 0.191. The molecule has 0 atom stereocenters. The zero-order valence-corrected chi connectivity index (χ0v) is 26.4. The summed E-state index contributed by atoms with van der Waals surface area (Å²) in [6, 6.07) is 56.2. The fourth-order valence-electron chi connectivity index (χ4n) is 8.38. The highest BCUT2D eigenvalue weighted by Gasteiger charge is 2.24. The SMILES string of the molecule is Cc1ccccc1-c1c(C)ccc2c1c1ccccc1n2-c1ccc(-c2ccc3c4c(cccc24)-c2ccccc2-3)c2ccccc12. The predicted molar refractivity (Wildman–Crippen MR) is 201 cm³/mol. The van der Waals surface area contributed by atoms with Crippen molar-refractivity contribution in [2.24, 2.45) is 0 Å². The standard InChI is InChI=1S/C46H31N/c1-28-12-3-4-13-30(28)44-29(2)22-26-43-46(44)40-18-9-10-21-41(40)47(43)42-27-25-34(31-14-7-8-17-36(31)42)35-23-24-39-33-16-6-5-15-32(33)37-19-11-20-38(35)45(37)39/h3-27H,1-2H3. The topological polar surface area (TPSA) is 4.93 Å². The van der Waals surface area contributed by atoms with Crippen molar-refractivity contribution in [1.29, 1.82) is 0 Å². The number of nitrogens with zero attached hydrogens (tertiary/aromatic N) is 1. The van der Waals surface area contributed by atoms with Gasteiger partial charge in [0, 0.05) is 16.2 Å². The lowest BCUT2D eigenvalue weighted by Crippen LogP contribution is -1.97. The highest BCUT2D eigenvalue weighted by molar-refractivity contribution is 6.21. The van der Waals surface area contributed by atoms with Gasteiger partial charge >= 0.3 is 0 Å². The van der Waals surface area contributed by atoms with Crippen LogP contribution in [0.1, 0.15) is 11.1 Å². The molecule has 0 saturated heterocycles. The lowest BCUT2D eigenvalue weighted by molar-refractivity contribution is 1.20. The van der Waals surface area contributed by atoms with Gasteiger partial charge in [-0.2, -0.15) is 0 Å². The molecule has 9 aromatic rings. The average Bonchev–Trinajstić information content (AvgIpc) is 3.63. The molecule has 8 aromatic carbocycles. The Morgan fingerprint density at radius 3 is 1.70 bits per heavy atom. The largest absolute Gasteiger partial charge is 0.309 e. The molecule has 0 N–H and O–H groups in total. The number of hydrogen-bond acceptors (Lipinski definition) is 0. The lowest BCUT2D eigenvalue weighted by atomic mass is 9.91. The zero-order valence-electron chi connectivity index (χ0n) is 26.4. The molecule has 1 aliphatic rings. The van der Waals surface area contributed by atoms with E-state index in [1.807, 2.05) is 0 Å². The third-order valence-electron chi connectivity index (χ3n) is 10.4. The normalized spacial score (nSPS) is 12.0. The first-order chi connectivity index (χ1) is 23.2. The number of para-hydroxylation sites is 1. The van der Waals surface area contributed by atoms with Gasteiger partial charge in [0.1, 0.15) is 0 Å². The summed E-state index contributed by atoms with van der Waals surface area (Å²) in [6.45, 7) is 4.46. The Labute approximate surface area is 274 Å². The van der Waals surface area contributed by atoms with Crippen LogP contribution >= 0.6 is 0 Å². The summed E-state index contributed by atoms with van der Waals surface area (Å²) in [4.78, 5) is 0. The maximum absolute atomic E-state index is 2.49. The molecular formula is C46H31N. The molecule has 0 spiro atoms. The van der Waals surface area contributed by atoms with Crippen LogP contribution in [0.4, 0.5) is 0 Å². The first-order valence-electron chi connectivity index (χ1n) is 16.5. The monoisotopic (exact) mass is 597 g/mol. The average molecular weight is 598 g/mol. The number of rotatable bonds is 3. The molecule has 10 rings (SSSR count). The maximum atomic E-state index is 2.49. The van der Waals surface area contributed by atoms with Crippen molar-refractivity contribution in [3.05, 3.63) is 163 Å². The minimum Gasteiger partial charge on any atom is -0.309 e. The number of hydrogen-bond donors (Lipinski definition) is 0. The first-order valence-corrected chi connectivity index (χ1v) is 16.5. The molecule has 0 amide bonds. The van der Waals surface area contributed by atoms with Crippen molar-refractivity contribution in [2.45, 2.75) is 13.8 Å². The van der Waals surface area contributed by atoms with Crippen LogP contribution in [-0.4, -0.2) is 4.57 Å². The summed E-state index contributed by atoms with van der Waals surface area (Å²) in [7, 11) is 0. The Hall–Kier alpha value is -5.92. The number of benzene rings is 8. The van der Waals surface area contributed by atoms with Crippen molar-refractivity contribution in [1.82, 2.24) is 4.57 Å². The van der Waals surface area contributed by atoms with Crippen LogP contribution in [0, 0.1) is 13.8 Å². The number of fused-ring (bicyclic) bond motifs is 7. The van der Waals surface area contributed by atoms with Crippen molar-refractivity contribution >= 4 is 43.4 Å². The minimum atomic E-state index is 1.20. The Balaban J connectivity index is 1.26. The van der Waals surface area contributed by atoms with Crippen LogP contribution < -0.4 is 0 Å². The predicted octanol–water partition coefficient (Wildman–Crippen LogP) is 12.7. The van der Waals surface area contributed by atoms with E-state index in [-0.39, 0.29) is 0 Å². The van der Waals surface area contributed by atoms with E-state index in [9.17, 15) is 0 Å². The van der Waals surface area contributed by atoms with Crippen LogP contribution in [0.15, 0.2) is 152 Å². The maximum Gasteiger partial charge on any atom is 0.0547 e. The van der Waals surface area contributed by atoms with Crippen LogP contribution in [0.5, 0.6) is 0 Å². The van der Waals surface area contributed by atoms with Crippen LogP contribution in [0.2, 0.25) is 0 Å². The Bertz CT molecular complexity index is 2730. The summed E-state index contributed by atoms with van der Waals surface area (Å²) >= 11 is 0. The Morgan fingerprint density at radius 1 is 0.319 bits per heavy atom. The van der Waals surface area contributed by atoms with Crippen LogP contribution in [0.25, 0.3) is 93.5 Å². The molecule has 0 saturated carbocycles. The van der Waals surface area contributed by atoms with E-state index in [0.717, 1.165) is 0 Å². The molecule has 0 aliphatic heterocycles. The van der Waals surface area contributed by atoms with Gasteiger partial charge < -0.3 is 4.57 Å². The molecule has 1 heteroatoms. The van der Waals surface area contributed by atoms with Gasteiger partial charge in [-0.05, 0) is 104 Å². The van der Waals surface area contributed by atoms with Crippen LogP contribution in [-0.2, 0) is 0 Å². The summed E-state index contributed by atoms with van der Waals surface area (Å²) < 4.78 is 2.49. The molecule has 0 radical (unpaired) electrons. The summed E-state index contributed by atoms with van der Waals surface area (Å²) in [6.07, 6.45) is 0. The number of aryl methyl sites for hydroxylation is 2. The zero-order chi connectivity index (χ0) is 31.2. The molecule has 47 heavy (non-hydrogen) atoms. The summed E-state index contributed by atoms with van der Waals surface area (Å²) in [5.74, 6) is 0. The molecule has 1 heterocycles. The van der Waals surface area contributed by atoms with E-state index in [4.69, 9.17) is 0 Å². The van der Waals surface area contributed by atoms with Gasteiger partial charge in [0.25, 0.3) is 0 Å². The lowest BCUT2D eigenvalue weighted by Gasteiger charge is -2.17. The van der Waals surface area contributed by atoms with Gasteiger partial charge in [0.05, 0.1) is 16.7 Å². The molecule has 1 aromatic heterocycles. The van der Waals surface area contributed by atoms with Gasteiger partial charge in [-0.25, -0.2) is 0 Å². The number of aromatic nitrogens is 1. The van der Waals surface area contributed by atoms with Gasteiger partial charge in [-0.15, -0.1) is 0 Å². The van der Waals surface area contributed by atoms with Crippen molar-refractivity contribution in [2.75, 3.05) is 0 Å². The molecule has 0 fully saturated rings. The summed E-state index contributed by atoms with van der Waals surface area (Å²) in [5, 5.41) is 7.78. The van der Waals surface area contributed by atoms with E-state index < -0.39 is 0 Å². The Kier molecular flexibility index (Phi) is 5.48. The fourth-order valence-corrected chi connectivity index (χ4v) is 8.38. The second-order valence-electron chi connectivity index (χ2n) is 12.9. The summed E-state index contributed by atoms with van der Waals surface area (Å²) in [5.41, 5.74) is 16.7.